The van der Waals surface area contributed by atoms with Crippen LogP contribution in [0.1, 0.15) is 32.6 Å². The van der Waals surface area contributed by atoms with E-state index < -0.39 is 0 Å². The zero-order valence-corrected chi connectivity index (χ0v) is 10.7. The lowest BCUT2D eigenvalue weighted by atomic mass is 10.3. The minimum Gasteiger partial charge on any atom is -0.314 e. The Morgan fingerprint density at radius 1 is 1.00 bits per heavy atom. The molecule has 0 aromatic carbocycles. The van der Waals surface area contributed by atoms with Gasteiger partial charge in [-0.1, -0.05) is 0 Å². The average Bonchev–Trinajstić information content (AvgIpc) is 2.96. The van der Waals surface area contributed by atoms with Crippen LogP contribution in [-0.2, 0) is 0 Å². The van der Waals surface area contributed by atoms with Crippen molar-refractivity contribution in [3.05, 3.63) is 0 Å². The van der Waals surface area contributed by atoms with E-state index >= 15 is 0 Å². The summed E-state index contributed by atoms with van der Waals surface area (Å²) in [7, 11) is 0. The summed E-state index contributed by atoms with van der Waals surface area (Å²) in [5.41, 5.74) is 0. The van der Waals surface area contributed by atoms with Crippen molar-refractivity contribution in [1.82, 2.24) is 15.1 Å². The number of nitrogens with one attached hydrogen (secondary N) is 1. The molecule has 2 heterocycles. The zero-order chi connectivity index (χ0) is 11.2. The fraction of sp³-hybridized carbons (Fsp3) is 1.00. The van der Waals surface area contributed by atoms with Crippen LogP contribution < -0.4 is 5.32 Å². The molecule has 2 aliphatic heterocycles. The second-order valence-electron chi connectivity index (χ2n) is 5.34. The molecule has 1 atom stereocenters. The molecule has 0 spiro atoms. The third kappa shape index (κ3) is 3.72. The molecule has 1 unspecified atom stereocenters. The van der Waals surface area contributed by atoms with E-state index in [1.165, 1.54) is 58.4 Å². The number of hydrogen-bond acceptors (Lipinski definition) is 3. The lowest BCUT2D eigenvalue weighted by Gasteiger charge is -2.24. The van der Waals surface area contributed by atoms with E-state index in [1.807, 2.05) is 0 Å². The first-order valence-electron chi connectivity index (χ1n) is 7.03. The average molecular weight is 225 g/mol. The maximum absolute atomic E-state index is 3.61. The molecule has 0 saturated carbocycles. The van der Waals surface area contributed by atoms with Crippen LogP contribution in [-0.4, -0.2) is 61.7 Å². The van der Waals surface area contributed by atoms with Crippen molar-refractivity contribution in [3.8, 4) is 0 Å². The van der Waals surface area contributed by atoms with Crippen molar-refractivity contribution in [1.29, 1.82) is 0 Å². The summed E-state index contributed by atoms with van der Waals surface area (Å²) < 4.78 is 0. The SMILES string of the molecule is CC(CNCCN1CCCC1)N1CCCC1. The van der Waals surface area contributed by atoms with Gasteiger partial charge in [-0.3, -0.25) is 4.90 Å². The van der Waals surface area contributed by atoms with E-state index in [4.69, 9.17) is 0 Å². The van der Waals surface area contributed by atoms with Crippen molar-refractivity contribution in [3.63, 3.8) is 0 Å². The summed E-state index contributed by atoms with van der Waals surface area (Å²) in [5, 5.41) is 3.61. The first-order chi connectivity index (χ1) is 7.86. The van der Waals surface area contributed by atoms with Gasteiger partial charge >= 0.3 is 0 Å². The lowest BCUT2D eigenvalue weighted by molar-refractivity contribution is 0.247. The second-order valence-corrected chi connectivity index (χ2v) is 5.34. The van der Waals surface area contributed by atoms with Gasteiger partial charge in [0.2, 0.25) is 0 Å². The van der Waals surface area contributed by atoms with Gasteiger partial charge < -0.3 is 10.2 Å². The van der Waals surface area contributed by atoms with Crippen molar-refractivity contribution in [2.24, 2.45) is 0 Å². The highest BCUT2D eigenvalue weighted by molar-refractivity contribution is 4.75. The van der Waals surface area contributed by atoms with Crippen LogP contribution in [0.5, 0.6) is 0 Å². The minimum absolute atomic E-state index is 0.723. The topological polar surface area (TPSA) is 18.5 Å². The number of likely N-dealkylation sites (tertiary alicyclic amines) is 2. The zero-order valence-electron chi connectivity index (χ0n) is 10.7. The number of nitrogens with zero attached hydrogens (tertiary/aromatic N) is 2. The summed E-state index contributed by atoms with van der Waals surface area (Å²) in [5.74, 6) is 0. The van der Waals surface area contributed by atoms with Crippen LogP contribution in [0.2, 0.25) is 0 Å². The minimum atomic E-state index is 0.723. The molecule has 1 N–H and O–H groups in total. The van der Waals surface area contributed by atoms with E-state index in [-0.39, 0.29) is 0 Å². The Morgan fingerprint density at radius 3 is 2.31 bits per heavy atom. The monoisotopic (exact) mass is 225 g/mol. The molecule has 3 heteroatoms. The molecule has 16 heavy (non-hydrogen) atoms. The normalized spacial score (nSPS) is 25.3. The first kappa shape index (κ1) is 12.3. The molecule has 2 fully saturated rings. The maximum atomic E-state index is 3.61. The maximum Gasteiger partial charge on any atom is 0.0192 e. The van der Waals surface area contributed by atoms with Crippen LogP contribution in [0.15, 0.2) is 0 Å². The molecular weight excluding hydrogens is 198 g/mol. The van der Waals surface area contributed by atoms with Gasteiger partial charge in [0.25, 0.3) is 0 Å². The van der Waals surface area contributed by atoms with Crippen LogP contribution in [0, 0.1) is 0 Å². The summed E-state index contributed by atoms with van der Waals surface area (Å²) >= 11 is 0. The quantitative estimate of drug-likeness (QED) is 0.684. The third-order valence-electron chi connectivity index (χ3n) is 4.01. The van der Waals surface area contributed by atoms with Gasteiger partial charge in [0.1, 0.15) is 0 Å². The Labute approximate surface area is 100 Å². The fourth-order valence-electron chi connectivity index (χ4n) is 2.87. The van der Waals surface area contributed by atoms with Crippen molar-refractivity contribution < 1.29 is 0 Å². The molecule has 94 valence electrons. The Balaban J connectivity index is 1.50. The highest BCUT2D eigenvalue weighted by atomic mass is 15.2. The largest absolute Gasteiger partial charge is 0.314 e. The predicted octanol–water partition coefficient (Wildman–Crippen LogP) is 1.16. The third-order valence-corrected chi connectivity index (χ3v) is 4.01. The van der Waals surface area contributed by atoms with Crippen molar-refractivity contribution in [2.45, 2.75) is 38.6 Å². The van der Waals surface area contributed by atoms with Gasteiger partial charge in [-0.15, -0.1) is 0 Å². The van der Waals surface area contributed by atoms with Gasteiger partial charge in [0.15, 0.2) is 0 Å². The van der Waals surface area contributed by atoms with Gasteiger partial charge in [0.05, 0.1) is 0 Å². The van der Waals surface area contributed by atoms with E-state index in [1.54, 1.807) is 0 Å². The predicted molar refractivity (Wildman–Crippen MR) is 68.8 cm³/mol. The highest BCUT2D eigenvalue weighted by Gasteiger charge is 2.17. The van der Waals surface area contributed by atoms with Crippen LogP contribution in [0.4, 0.5) is 0 Å². The standard InChI is InChI=1S/C13H27N3/c1-13(16-9-4-5-10-16)12-14-6-11-15-7-2-3-8-15/h13-14H,2-12H2,1H3. The Bertz CT molecular complexity index is 184. The molecule has 0 aliphatic carbocycles. The van der Waals surface area contributed by atoms with E-state index in [0.717, 1.165) is 19.1 Å². The molecule has 2 rings (SSSR count). The smallest absolute Gasteiger partial charge is 0.0192 e. The van der Waals surface area contributed by atoms with E-state index in [2.05, 4.69) is 22.0 Å². The first-order valence-corrected chi connectivity index (χ1v) is 7.03. The summed E-state index contributed by atoms with van der Waals surface area (Å²) in [6.45, 7) is 11.2. The van der Waals surface area contributed by atoms with Crippen LogP contribution in [0.25, 0.3) is 0 Å². The summed E-state index contributed by atoms with van der Waals surface area (Å²) in [4.78, 5) is 5.19. The molecule has 2 saturated heterocycles. The molecular formula is C13H27N3. The Morgan fingerprint density at radius 2 is 1.62 bits per heavy atom. The van der Waals surface area contributed by atoms with E-state index in [0.29, 0.717) is 0 Å². The number of hydrogen-bond donors (Lipinski definition) is 1. The van der Waals surface area contributed by atoms with Gasteiger partial charge in [0, 0.05) is 25.7 Å². The van der Waals surface area contributed by atoms with Gasteiger partial charge in [-0.05, 0) is 58.8 Å². The van der Waals surface area contributed by atoms with Crippen molar-refractivity contribution in [2.75, 3.05) is 45.8 Å². The summed E-state index contributed by atoms with van der Waals surface area (Å²) in [6.07, 6.45) is 5.62. The Hall–Kier alpha value is -0.120. The molecule has 0 aromatic heterocycles. The molecule has 3 nitrogen and oxygen atoms in total. The molecule has 0 aromatic rings. The summed E-state index contributed by atoms with van der Waals surface area (Å²) in [6, 6.07) is 0.723. The van der Waals surface area contributed by atoms with Gasteiger partial charge in [-0.25, -0.2) is 0 Å². The molecule has 2 aliphatic rings. The van der Waals surface area contributed by atoms with Crippen molar-refractivity contribution >= 4 is 0 Å². The highest BCUT2D eigenvalue weighted by Crippen LogP contribution is 2.10. The Kier molecular flexibility index (Phi) is 5.07. The molecule has 0 bridgehead atoms. The van der Waals surface area contributed by atoms with Gasteiger partial charge in [-0.2, -0.15) is 0 Å². The second kappa shape index (κ2) is 6.58. The molecule has 0 radical (unpaired) electrons. The molecule has 0 amide bonds. The van der Waals surface area contributed by atoms with E-state index in [9.17, 15) is 0 Å². The lowest BCUT2D eigenvalue weighted by Crippen LogP contribution is -2.40. The van der Waals surface area contributed by atoms with Crippen LogP contribution in [0.3, 0.4) is 0 Å². The van der Waals surface area contributed by atoms with Crippen LogP contribution >= 0.6 is 0 Å². The fourth-order valence-corrected chi connectivity index (χ4v) is 2.87. The number of rotatable bonds is 6.